The number of hydrogen-bond donors (Lipinski definition) is 0. The summed E-state index contributed by atoms with van der Waals surface area (Å²) in [6, 6.07) is 0.179. The van der Waals surface area contributed by atoms with E-state index >= 15 is 0 Å². The van der Waals surface area contributed by atoms with Crippen LogP contribution in [0.2, 0.25) is 0 Å². The van der Waals surface area contributed by atoms with Crippen LogP contribution in [-0.2, 0) is 10.0 Å². The molecule has 3 aliphatic rings. The van der Waals surface area contributed by atoms with Gasteiger partial charge < -0.3 is 0 Å². The van der Waals surface area contributed by atoms with Crippen molar-refractivity contribution in [3.05, 3.63) is 11.9 Å². The summed E-state index contributed by atoms with van der Waals surface area (Å²) in [5, 5.41) is 8.18. The van der Waals surface area contributed by atoms with Crippen LogP contribution in [0.15, 0.2) is 6.20 Å². The minimum Gasteiger partial charge on any atom is -0.247 e. The van der Waals surface area contributed by atoms with Crippen LogP contribution in [0.4, 0.5) is 0 Å². The molecule has 0 bridgehead atoms. The minimum atomic E-state index is -3.00. The first kappa shape index (κ1) is 10.9. The molecule has 7 heteroatoms. The minimum absolute atomic E-state index is 0.101. The Balaban J connectivity index is 1.43. The maximum Gasteiger partial charge on any atom is 0.217 e. The molecule has 3 fully saturated rings. The molecular formula is C11H16N4O2S. The van der Waals surface area contributed by atoms with E-state index in [1.54, 1.807) is 4.31 Å². The number of hydrogen-bond acceptors (Lipinski definition) is 4. The molecule has 0 amide bonds. The van der Waals surface area contributed by atoms with Crippen molar-refractivity contribution in [3.63, 3.8) is 0 Å². The maximum absolute atomic E-state index is 12.0. The van der Waals surface area contributed by atoms with E-state index in [1.165, 1.54) is 12.8 Å². The Morgan fingerprint density at radius 2 is 1.89 bits per heavy atom. The van der Waals surface area contributed by atoms with Crippen LogP contribution in [0.25, 0.3) is 0 Å². The largest absolute Gasteiger partial charge is 0.247 e. The quantitative estimate of drug-likeness (QED) is 0.797. The van der Waals surface area contributed by atoms with Crippen molar-refractivity contribution in [2.24, 2.45) is 0 Å². The van der Waals surface area contributed by atoms with Crippen molar-refractivity contribution < 1.29 is 8.42 Å². The molecule has 4 rings (SSSR count). The zero-order chi connectivity index (χ0) is 12.3. The van der Waals surface area contributed by atoms with Crippen LogP contribution in [0.1, 0.15) is 43.3 Å². The highest BCUT2D eigenvalue weighted by molar-refractivity contribution is 7.90. The number of sulfonamides is 1. The monoisotopic (exact) mass is 268 g/mol. The molecule has 1 aromatic rings. The van der Waals surface area contributed by atoms with Crippen molar-refractivity contribution in [1.29, 1.82) is 0 Å². The summed E-state index contributed by atoms with van der Waals surface area (Å²) in [5.41, 5.74) is 1.07. The van der Waals surface area contributed by atoms with E-state index in [2.05, 4.69) is 10.3 Å². The van der Waals surface area contributed by atoms with E-state index in [9.17, 15) is 8.42 Å². The number of nitrogens with zero attached hydrogens (tertiary/aromatic N) is 4. The molecule has 1 aromatic heterocycles. The van der Waals surface area contributed by atoms with Crippen LogP contribution in [-0.4, -0.2) is 46.1 Å². The molecule has 0 atom stereocenters. The van der Waals surface area contributed by atoms with Gasteiger partial charge in [-0.25, -0.2) is 13.1 Å². The van der Waals surface area contributed by atoms with Crippen molar-refractivity contribution in [2.45, 2.75) is 42.9 Å². The standard InChI is InChI=1S/C11H16N4O2S/c16-18(17,10-3-4-10)14-5-9(6-14)15-7-11(12-13-15)8-1-2-8/h7-10H,1-6H2. The smallest absolute Gasteiger partial charge is 0.217 e. The zero-order valence-electron chi connectivity index (χ0n) is 10.1. The highest BCUT2D eigenvalue weighted by Crippen LogP contribution is 2.39. The zero-order valence-corrected chi connectivity index (χ0v) is 10.9. The van der Waals surface area contributed by atoms with Crippen LogP contribution in [0.5, 0.6) is 0 Å². The Hall–Kier alpha value is -0.950. The van der Waals surface area contributed by atoms with Crippen molar-refractivity contribution in [2.75, 3.05) is 13.1 Å². The molecule has 2 heterocycles. The maximum atomic E-state index is 12.0. The number of rotatable bonds is 4. The molecule has 0 N–H and O–H groups in total. The Morgan fingerprint density at radius 1 is 1.17 bits per heavy atom. The van der Waals surface area contributed by atoms with Gasteiger partial charge in [0.05, 0.1) is 17.0 Å². The summed E-state index contributed by atoms with van der Waals surface area (Å²) < 4.78 is 27.3. The normalized spacial score (nSPS) is 26.2. The first-order valence-electron chi connectivity index (χ1n) is 6.55. The molecular weight excluding hydrogens is 252 g/mol. The lowest BCUT2D eigenvalue weighted by Gasteiger charge is -2.37. The third kappa shape index (κ3) is 1.68. The van der Waals surface area contributed by atoms with Gasteiger partial charge in [-0.05, 0) is 25.7 Å². The first-order valence-corrected chi connectivity index (χ1v) is 8.05. The molecule has 18 heavy (non-hydrogen) atoms. The van der Waals surface area contributed by atoms with Gasteiger partial charge in [-0.3, -0.25) is 0 Å². The SMILES string of the molecule is O=S(=O)(C1CC1)N1CC(n2cc(C3CC3)nn2)C1. The molecule has 6 nitrogen and oxygen atoms in total. The summed E-state index contributed by atoms with van der Waals surface area (Å²) in [4.78, 5) is 0. The van der Waals surface area contributed by atoms with Gasteiger partial charge in [0.1, 0.15) is 0 Å². The highest BCUT2D eigenvalue weighted by Gasteiger charge is 2.46. The van der Waals surface area contributed by atoms with Crippen LogP contribution in [0.3, 0.4) is 0 Å². The predicted molar refractivity (Wildman–Crippen MR) is 64.5 cm³/mol. The lowest BCUT2D eigenvalue weighted by atomic mass is 10.2. The lowest BCUT2D eigenvalue weighted by molar-refractivity contribution is 0.188. The van der Waals surface area contributed by atoms with Crippen molar-refractivity contribution in [1.82, 2.24) is 19.3 Å². The molecule has 1 saturated heterocycles. The Bertz CT molecular complexity index is 568. The fourth-order valence-corrected chi connectivity index (χ4v) is 4.32. The van der Waals surface area contributed by atoms with E-state index in [1.807, 2.05) is 10.9 Å². The van der Waals surface area contributed by atoms with Gasteiger partial charge >= 0.3 is 0 Å². The molecule has 0 radical (unpaired) electrons. The molecule has 2 aliphatic carbocycles. The second-order valence-electron chi connectivity index (χ2n) is 5.61. The average Bonchev–Trinajstić information content (AvgIpc) is 3.15. The topological polar surface area (TPSA) is 68.1 Å². The Kier molecular flexibility index (Phi) is 2.15. The number of aromatic nitrogens is 3. The van der Waals surface area contributed by atoms with Gasteiger partial charge in [-0.1, -0.05) is 5.21 Å². The van der Waals surface area contributed by atoms with Crippen molar-refractivity contribution in [3.8, 4) is 0 Å². The summed E-state index contributed by atoms with van der Waals surface area (Å²) in [7, 11) is -3.00. The van der Waals surface area contributed by atoms with Crippen LogP contribution < -0.4 is 0 Å². The molecule has 98 valence electrons. The Morgan fingerprint density at radius 3 is 2.50 bits per heavy atom. The third-order valence-electron chi connectivity index (χ3n) is 4.03. The van der Waals surface area contributed by atoms with Gasteiger partial charge in [0, 0.05) is 25.2 Å². The van der Waals surface area contributed by atoms with Gasteiger partial charge in [-0.15, -0.1) is 5.10 Å². The fraction of sp³-hybridized carbons (Fsp3) is 0.818. The third-order valence-corrected chi connectivity index (χ3v) is 6.36. The highest BCUT2D eigenvalue weighted by atomic mass is 32.2. The summed E-state index contributed by atoms with van der Waals surface area (Å²) in [6.45, 7) is 1.12. The molecule has 0 unspecified atom stereocenters. The average molecular weight is 268 g/mol. The van der Waals surface area contributed by atoms with Gasteiger partial charge in [-0.2, -0.15) is 4.31 Å². The van der Waals surface area contributed by atoms with Crippen molar-refractivity contribution >= 4 is 10.0 Å². The van der Waals surface area contributed by atoms with Crippen LogP contribution in [0, 0.1) is 0 Å². The van der Waals surface area contributed by atoms with Gasteiger partial charge in [0.15, 0.2) is 0 Å². The van der Waals surface area contributed by atoms with E-state index in [4.69, 9.17) is 0 Å². The predicted octanol–water partition coefficient (Wildman–Crippen LogP) is 0.504. The van der Waals surface area contributed by atoms with E-state index in [0.29, 0.717) is 19.0 Å². The second kappa shape index (κ2) is 3.54. The van der Waals surface area contributed by atoms with E-state index in [-0.39, 0.29) is 11.3 Å². The van der Waals surface area contributed by atoms with Gasteiger partial charge in [0.2, 0.25) is 10.0 Å². The summed E-state index contributed by atoms with van der Waals surface area (Å²) in [6.07, 6.45) is 6.08. The molecule has 2 saturated carbocycles. The lowest BCUT2D eigenvalue weighted by Crippen LogP contribution is -2.51. The second-order valence-corrected chi connectivity index (χ2v) is 7.83. The molecule has 1 aliphatic heterocycles. The van der Waals surface area contributed by atoms with E-state index < -0.39 is 10.0 Å². The summed E-state index contributed by atoms with van der Waals surface area (Å²) >= 11 is 0. The van der Waals surface area contributed by atoms with Crippen LogP contribution >= 0.6 is 0 Å². The Labute approximate surface area is 106 Å². The molecule has 0 spiro atoms. The van der Waals surface area contributed by atoms with E-state index in [0.717, 1.165) is 18.5 Å². The fourth-order valence-electron chi connectivity index (χ4n) is 2.40. The summed E-state index contributed by atoms with van der Waals surface area (Å²) in [5.74, 6) is 0.602. The molecule has 0 aromatic carbocycles. The van der Waals surface area contributed by atoms with Gasteiger partial charge in [0.25, 0.3) is 0 Å². The first-order chi connectivity index (χ1) is 8.64.